The van der Waals surface area contributed by atoms with E-state index in [0.29, 0.717) is 11.4 Å². The minimum atomic E-state index is -0.293. The molecule has 0 fully saturated rings. The lowest BCUT2D eigenvalue weighted by atomic mass is 9.82. The summed E-state index contributed by atoms with van der Waals surface area (Å²) in [6.07, 6.45) is 0.867. The van der Waals surface area contributed by atoms with Gasteiger partial charge in [-0.2, -0.15) is 0 Å². The maximum atomic E-state index is 12.3. The van der Waals surface area contributed by atoms with Gasteiger partial charge in [-0.1, -0.05) is 26.8 Å². The molecule has 146 valence electrons. The van der Waals surface area contributed by atoms with Crippen LogP contribution in [0.1, 0.15) is 41.0 Å². The zero-order chi connectivity index (χ0) is 20.0. The lowest BCUT2D eigenvalue weighted by Crippen LogP contribution is -2.49. The maximum absolute atomic E-state index is 12.3. The molecule has 0 bridgehead atoms. The van der Waals surface area contributed by atoms with E-state index < -0.39 is 0 Å². The standard InChI is InChI=1S/C20H33N3O3/c1-19(2,3)14-20(4,5)22-18(25)13-23(6)12-17(24)21-15-9-8-10-16(11-15)26-7/h8-11H,12-14H2,1-7H3,(H,21,24)(H,22,25). The molecule has 0 aliphatic rings. The number of ether oxygens (including phenoxy) is 1. The molecule has 0 saturated heterocycles. The highest BCUT2D eigenvalue weighted by atomic mass is 16.5. The predicted octanol–water partition coefficient (Wildman–Crippen LogP) is 2.90. The van der Waals surface area contributed by atoms with E-state index in [0.717, 1.165) is 6.42 Å². The molecule has 0 aliphatic carbocycles. The molecule has 26 heavy (non-hydrogen) atoms. The van der Waals surface area contributed by atoms with Gasteiger partial charge in [0, 0.05) is 17.3 Å². The average molecular weight is 364 g/mol. The third-order valence-electron chi connectivity index (χ3n) is 3.63. The van der Waals surface area contributed by atoms with Crippen molar-refractivity contribution in [1.82, 2.24) is 10.2 Å². The van der Waals surface area contributed by atoms with E-state index in [-0.39, 0.29) is 35.9 Å². The number of amides is 2. The first-order valence-electron chi connectivity index (χ1n) is 8.84. The van der Waals surface area contributed by atoms with Gasteiger partial charge in [-0.15, -0.1) is 0 Å². The number of methoxy groups -OCH3 is 1. The molecule has 0 aliphatic heterocycles. The molecule has 1 aromatic rings. The molecule has 2 amide bonds. The molecular formula is C20H33N3O3. The smallest absolute Gasteiger partial charge is 0.238 e. The van der Waals surface area contributed by atoms with Gasteiger partial charge < -0.3 is 15.4 Å². The fourth-order valence-corrected chi connectivity index (χ4v) is 3.23. The number of carbonyl (C=O) groups is 2. The van der Waals surface area contributed by atoms with Crippen LogP contribution in [-0.4, -0.2) is 49.5 Å². The largest absolute Gasteiger partial charge is 0.497 e. The number of rotatable bonds is 8. The second-order valence-corrected chi connectivity index (χ2v) is 8.62. The van der Waals surface area contributed by atoms with Crippen LogP contribution < -0.4 is 15.4 Å². The molecule has 0 aromatic heterocycles. The second-order valence-electron chi connectivity index (χ2n) is 8.62. The minimum absolute atomic E-state index is 0.0871. The van der Waals surface area contributed by atoms with Crippen molar-refractivity contribution in [2.45, 2.75) is 46.6 Å². The van der Waals surface area contributed by atoms with Crippen LogP contribution in [0.3, 0.4) is 0 Å². The van der Waals surface area contributed by atoms with Crippen LogP contribution in [-0.2, 0) is 9.59 Å². The van der Waals surface area contributed by atoms with E-state index in [1.165, 1.54) is 0 Å². The molecule has 2 N–H and O–H groups in total. The summed E-state index contributed by atoms with van der Waals surface area (Å²) in [6.45, 7) is 10.8. The Morgan fingerprint density at radius 1 is 1.08 bits per heavy atom. The highest BCUT2D eigenvalue weighted by molar-refractivity contribution is 5.92. The minimum Gasteiger partial charge on any atom is -0.497 e. The third-order valence-corrected chi connectivity index (χ3v) is 3.63. The van der Waals surface area contributed by atoms with E-state index in [1.807, 2.05) is 26.0 Å². The summed E-state index contributed by atoms with van der Waals surface area (Å²) in [4.78, 5) is 26.1. The Morgan fingerprint density at radius 2 is 1.69 bits per heavy atom. The molecule has 1 rings (SSSR count). The molecule has 1 aromatic carbocycles. The Hall–Kier alpha value is -2.08. The van der Waals surface area contributed by atoms with Gasteiger partial charge in [0.2, 0.25) is 11.8 Å². The Bertz CT molecular complexity index is 621. The van der Waals surface area contributed by atoms with Crippen LogP contribution in [0.4, 0.5) is 5.69 Å². The van der Waals surface area contributed by atoms with Crippen molar-refractivity contribution in [3.63, 3.8) is 0 Å². The SMILES string of the molecule is COc1cccc(NC(=O)CN(C)CC(=O)NC(C)(C)CC(C)(C)C)c1. The number of likely N-dealkylation sites (N-methyl/N-ethyl adjacent to an activating group) is 1. The summed E-state index contributed by atoms with van der Waals surface area (Å²) in [6, 6.07) is 7.16. The zero-order valence-corrected chi connectivity index (χ0v) is 17.1. The highest BCUT2D eigenvalue weighted by Gasteiger charge is 2.27. The van der Waals surface area contributed by atoms with Crippen LogP contribution in [0.2, 0.25) is 0 Å². The van der Waals surface area contributed by atoms with Crippen molar-refractivity contribution in [2.75, 3.05) is 32.6 Å². The molecule has 0 radical (unpaired) electrons. The quantitative estimate of drug-likeness (QED) is 0.745. The number of anilines is 1. The van der Waals surface area contributed by atoms with Crippen molar-refractivity contribution >= 4 is 17.5 Å². The molecule has 0 atom stereocenters. The van der Waals surface area contributed by atoms with Crippen LogP contribution in [0.5, 0.6) is 5.75 Å². The van der Waals surface area contributed by atoms with Crippen molar-refractivity contribution in [1.29, 1.82) is 0 Å². The Morgan fingerprint density at radius 3 is 2.27 bits per heavy atom. The average Bonchev–Trinajstić information content (AvgIpc) is 2.43. The molecule has 0 heterocycles. The van der Waals surface area contributed by atoms with Gasteiger partial charge >= 0.3 is 0 Å². The molecule has 0 spiro atoms. The third kappa shape index (κ3) is 8.85. The fraction of sp³-hybridized carbons (Fsp3) is 0.600. The van der Waals surface area contributed by atoms with Crippen LogP contribution in [0, 0.1) is 5.41 Å². The Balaban J connectivity index is 2.48. The van der Waals surface area contributed by atoms with Gasteiger partial charge in [0.15, 0.2) is 0 Å². The summed E-state index contributed by atoms with van der Waals surface area (Å²) >= 11 is 0. The van der Waals surface area contributed by atoms with E-state index in [9.17, 15) is 9.59 Å². The summed E-state index contributed by atoms with van der Waals surface area (Å²) in [7, 11) is 3.33. The van der Waals surface area contributed by atoms with Gasteiger partial charge in [0.1, 0.15) is 5.75 Å². The molecule has 0 unspecified atom stereocenters. The Kier molecular flexibility index (Phi) is 7.63. The van der Waals surface area contributed by atoms with E-state index in [2.05, 4.69) is 31.4 Å². The summed E-state index contributed by atoms with van der Waals surface area (Å²) in [5.74, 6) is 0.412. The van der Waals surface area contributed by atoms with Gasteiger partial charge in [-0.05, 0) is 44.9 Å². The first-order valence-corrected chi connectivity index (χ1v) is 8.84. The van der Waals surface area contributed by atoms with Crippen LogP contribution in [0.15, 0.2) is 24.3 Å². The topological polar surface area (TPSA) is 70.7 Å². The number of benzene rings is 1. The lowest BCUT2D eigenvalue weighted by molar-refractivity contribution is -0.124. The number of carbonyl (C=O) groups excluding carboxylic acids is 2. The van der Waals surface area contributed by atoms with Crippen molar-refractivity contribution < 1.29 is 14.3 Å². The van der Waals surface area contributed by atoms with Gasteiger partial charge in [0.25, 0.3) is 0 Å². The van der Waals surface area contributed by atoms with Crippen LogP contribution >= 0.6 is 0 Å². The van der Waals surface area contributed by atoms with E-state index in [4.69, 9.17) is 4.74 Å². The normalized spacial score (nSPS) is 12.0. The molecule has 6 nitrogen and oxygen atoms in total. The van der Waals surface area contributed by atoms with Gasteiger partial charge in [-0.3, -0.25) is 14.5 Å². The maximum Gasteiger partial charge on any atom is 0.238 e. The van der Waals surface area contributed by atoms with Crippen molar-refractivity contribution in [2.24, 2.45) is 5.41 Å². The summed E-state index contributed by atoms with van der Waals surface area (Å²) < 4.78 is 5.14. The summed E-state index contributed by atoms with van der Waals surface area (Å²) in [5, 5.41) is 5.86. The van der Waals surface area contributed by atoms with Gasteiger partial charge in [-0.25, -0.2) is 0 Å². The van der Waals surface area contributed by atoms with Gasteiger partial charge in [0.05, 0.1) is 20.2 Å². The van der Waals surface area contributed by atoms with Crippen molar-refractivity contribution in [3.8, 4) is 5.75 Å². The lowest BCUT2D eigenvalue weighted by Gasteiger charge is -2.33. The second kappa shape index (κ2) is 9.03. The highest BCUT2D eigenvalue weighted by Crippen LogP contribution is 2.26. The number of hydrogen-bond donors (Lipinski definition) is 2. The zero-order valence-electron chi connectivity index (χ0n) is 17.1. The van der Waals surface area contributed by atoms with E-state index >= 15 is 0 Å². The summed E-state index contributed by atoms with van der Waals surface area (Å²) in [5.41, 5.74) is 0.497. The number of nitrogens with one attached hydrogen (secondary N) is 2. The van der Waals surface area contributed by atoms with Crippen LogP contribution in [0.25, 0.3) is 0 Å². The fourth-order valence-electron chi connectivity index (χ4n) is 3.23. The first kappa shape index (κ1) is 22.0. The Labute approximate surface area is 157 Å². The number of hydrogen-bond acceptors (Lipinski definition) is 4. The van der Waals surface area contributed by atoms with Crippen molar-refractivity contribution in [3.05, 3.63) is 24.3 Å². The molecular weight excluding hydrogens is 330 g/mol. The monoisotopic (exact) mass is 363 g/mol. The molecule has 0 saturated carbocycles. The number of nitrogens with zero attached hydrogens (tertiary/aromatic N) is 1. The molecule has 6 heteroatoms. The predicted molar refractivity (Wildman–Crippen MR) is 105 cm³/mol. The van der Waals surface area contributed by atoms with E-state index in [1.54, 1.807) is 31.2 Å². The first-order chi connectivity index (χ1) is 11.9.